The highest BCUT2D eigenvalue weighted by Gasteiger charge is 2.39. The first-order valence-electron chi connectivity index (χ1n) is 10.3. The van der Waals surface area contributed by atoms with Gasteiger partial charge in [0.15, 0.2) is 5.65 Å². The van der Waals surface area contributed by atoms with Gasteiger partial charge in [-0.05, 0) is 24.3 Å². The largest absolute Gasteiger partial charge is 0.445 e. The number of benzene rings is 1. The van der Waals surface area contributed by atoms with E-state index in [0.717, 1.165) is 5.56 Å². The normalized spacial score (nSPS) is 17.2. The van der Waals surface area contributed by atoms with Crippen LogP contribution in [0.25, 0.3) is 5.65 Å². The third-order valence-corrected chi connectivity index (χ3v) is 6.24. The lowest BCUT2D eigenvalue weighted by atomic mass is 9.81. The molecule has 0 aliphatic heterocycles. The minimum atomic E-state index is -2.68. The first-order chi connectivity index (χ1) is 15.3. The van der Waals surface area contributed by atoms with Crippen molar-refractivity contribution >= 4 is 34.9 Å². The summed E-state index contributed by atoms with van der Waals surface area (Å²) < 4.78 is 34.4. The van der Waals surface area contributed by atoms with Crippen LogP contribution in [0, 0.1) is 5.92 Å². The second kappa shape index (κ2) is 9.58. The zero-order chi connectivity index (χ0) is 22.7. The second-order valence-electron chi connectivity index (χ2n) is 7.92. The molecule has 2 aromatic heterocycles. The molecule has 1 N–H and O–H groups in total. The van der Waals surface area contributed by atoms with E-state index >= 15 is 0 Å². The number of hydrogen-bond acceptors (Lipinski definition) is 4. The third-order valence-electron chi connectivity index (χ3n) is 5.66. The Kier molecular flexibility index (Phi) is 6.81. The fourth-order valence-corrected chi connectivity index (χ4v) is 4.39. The molecule has 0 saturated heterocycles. The Hall–Kier alpha value is -2.45. The highest BCUT2D eigenvalue weighted by Crippen LogP contribution is 2.41. The lowest BCUT2D eigenvalue weighted by molar-refractivity contribution is -0.0497. The molecule has 1 aromatic carbocycles. The summed E-state index contributed by atoms with van der Waals surface area (Å²) in [6.45, 7) is 0.101. The van der Waals surface area contributed by atoms with E-state index in [-0.39, 0.29) is 44.1 Å². The Morgan fingerprint density at radius 2 is 2.00 bits per heavy atom. The van der Waals surface area contributed by atoms with Crippen LogP contribution < -0.4 is 5.32 Å². The fraction of sp³-hybridized carbons (Fsp3) is 0.409. The first kappa shape index (κ1) is 22.7. The van der Waals surface area contributed by atoms with Gasteiger partial charge in [-0.15, -0.1) is 11.6 Å². The monoisotopic (exact) mass is 482 g/mol. The number of nitrogens with zero attached hydrogens (tertiary/aromatic N) is 3. The molecule has 1 aliphatic carbocycles. The van der Waals surface area contributed by atoms with Gasteiger partial charge in [0.2, 0.25) is 5.92 Å². The van der Waals surface area contributed by atoms with E-state index in [2.05, 4.69) is 15.4 Å². The van der Waals surface area contributed by atoms with Gasteiger partial charge in [-0.25, -0.2) is 23.1 Å². The predicted molar refractivity (Wildman–Crippen MR) is 117 cm³/mol. The summed E-state index contributed by atoms with van der Waals surface area (Å²) in [5.74, 6) is -2.77. The van der Waals surface area contributed by atoms with E-state index < -0.39 is 18.1 Å². The van der Waals surface area contributed by atoms with Crippen LogP contribution >= 0.6 is 23.2 Å². The number of carbonyl (C=O) groups is 1. The van der Waals surface area contributed by atoms with Gasteiger partial charge in [0.25, 0.3) is 0 Å². The summed E-state index contributed by atoms with van der Waals surface area (Å²) in [5, 5.41) is 7.57. The number of nitrogens with one attached hydrogen (secondary N) is 1. The maximum absolute atomic E-state index is 13.7. The molecule has 170 valence electrons. The number of ether oxygens (including phenoxy) is 1. The molecule has 10 heteroatoms. The molecule has 0 radical (unpaired) electrons. The van der Waals surface area contributed by atoms with Crippen LogP contribution in [0.3, 0.4) is 0 Å². The van der Waals surface area contributed by atoms with Gasteiger partial charge in [0, 0.05) is 18.9 Å². The van der Waals surface area contributed by atoms with Gasteiger partial charge < -0.3 is 10.1 Å². The van der Waals surface area contributed by atoms with E-state index in [1.165, 1.54) is 4.52 Å². The topological polar surface area (TPSA) is 68.5 Å². The van der Waals surface area contributed by atoms with Crippen molar-refractivity contribution in [1.29, 1.82) is 0 Å². The van der Waals surface area contributed by atoms with Gasteiger partial charge in [-0.2, -0.15) is 5.10 Å². The van der Waals surface area contributed by atoms with Crippen LogP contribution in [0.5, 0.6) is 0 Å². The Bertz CT molecular complexity index is 1080. The number of halogens is 4. The smallest absolute Gasteiger partial charge is 0.408 e. The average molecular weight is 483 g/mol. The third kappa shape index (κ3) is 5.30. The number of alkyl halides is 3. The maximum atomic E-state index is 13.7. The molecule has 4 rings (SSSR count). The fourth-order valence-electron chi connectivity index (χ4n) is 3.92. The molecule has 0 spiro atoms. The maximum Gasteiger partial charge on any atom is 0.408 e. The summed E-state index contributed by atoms with van der Waals surface area (Å²) in [6.07, 6.45) is 1.07. The number of amides is 1. The molecular weight excluding hydrogens is 461 g/mol. The van der Waals surface area contributed by atoms with E-state index in [4.69, 9.17) is 27.9 Å². The minimum absolute atomic E-state index is 0.101. The molecule has 6 nitrogen and oxygen atoms in total. The Morgan fingerprint density at radius 3 is 2.69 bits per heavy atom. The van der Waals surface area contributed by atoms with Crippen molar-refractivity contribution in [2.45, 2.75) is 50.1 Å². The highest BCUT2D eigenvalue weighted by molar-refractivity contribution is 6.32. The van der Waals surface area contributed by atoms with Crippen LogP contribution in [0.1, 0.15) is 48.7 Å². The Balaban J connectivity index is 1.56. The highest BCUT2D eigenvalue weighted by atomic mass is 35.5. The molecule has 0 unspecified atom stereocenters. The van der Waals surface area contributed by atoms with E-state index in [1.807, 2.05) is 30.3 Å². The number of fused-ring (bicyclic) bond motifs is 1. The molecule has 1 fully saturated rings. The molecule has 32 heavy (non-hydrogen) atoms. The van der Waals surface area contributed by atoms with E-state index in [0.29, 0.717) is 22.1 Å². The van der Waals surface area contributed by atoms with Gasteiger partial charge in [0.05, 0.1) is 34.5 Å². The van der Waals surface area contributed by atoms with Crippen molar-refractivity contribution < 1.29 is 18.3 Å². The number of carbonyl (C=O) groups excluding carboxylic acids is 1. The number of alkyl carbamates (subject to hydrolysis) is 1. The van der Waals surface area contributed by atoms with Crippen LogP contribution in [-0.2, 0) is 17.2 Å². The van der Waals surface area contributed by atoms with Crippen LogP contribution in [0.2, 0.25) is 5.02 Å². The van der Waals surface area contributed by atoms with Crippen LogP contribution in [-0.4, -0.2) is 26.6 Å². The summed E-state index contributed by atoms with van der Waals surface area (Å²) in [6, 6.07) is 10.3. The Morgan fingerprint density at radius 1 is 1.28 bits per heavy atom. The van der Waals surface area contributed by atoms with Gasteiger partial charge in [-0.3, -0.25) is 0 Å². The summed E-state index contributed by atoms with van der Waals surface area (Å²) >= 11 is 12.1. The number of hydrogen-bond donors (Lipinski definition) is 1. The molecule has 1 saturated carbocycles. The SMILES string of the molecule is O=C(N[C@H](c1cn2nc(CCl)c(Cl)cc2n1)C1CCC(F)(F)CC1)OCc1ccccc1. The zero-order valence-corrected chi connectivity index (χ0v) is 18.6. The molecular formula is C22H22Cl2F2N4O2. The number of rotatable bonds is 6. The molecule has 1 atom stereocenters. The van der Waals surface area contributed by atoms with Crippen molar-refractivity contribution in [3.63, 3.8) is 0 Å². The van der Waals surface area contributed by atoms with Crippen molar-refractivity contribution in [3.8, 4) is 0 Å². The molecule has 1 amide bonds. The summed E-state index contributed by atoms with van der Waals surface area (Å²) in [5.41, 5.74) is 2.32. The van der Waals surface area contributed by atoms with Crippen molar-refractivity contribution in [2.75, 3.05) is 0 Å². The summed E-state index contributed by atoms with van der Waals surface area (Å²) in [7, 11) is 0. The molecule has 2 heterocycles. The molecule has 3 aromatic rings. The van der Waals surface area contributed by atoms with Crippen molar-refractivity contribution in [3.05, 3.63) is 64.6 Å². The summed E-state index contributed by atoms with van der Waals surface area (Å²) in [4.78, 5) is 17.1. The van der Waals surface area contributed by atoms with Gasteiger partial charge in [0.1, 0.15) is 6.61 Å². The number of imidazole rings is 1. The van der Waals surface area contributed by atoms with E-state index in [1.54, 1.807) is 12.3 Å². The molecule has 0 bridgehead atoms. The van der Waals surface area contributed by atoms with Crippen molar-refractivity contribution in [1.82, 2.24) is 19.9 Å². The zero-order valence-electron chi connectivity index (χ0n) is 17.1. The second-order valence-corrected chi connectivity index (χ2v) is 8.59. The minimum Gasteiger partial charge on any atom is -0.445 e. The van der Waals surface area contributed by atoms with Gasteiger partial charge >= 0.3 is 6.09 Å². The average Bonchev–Trinajstić information content (AvgIpc) is 3.19. The number of aromatic nitrogens is 3. The quantitative estimate of drug-likeness (QED) is 0.443. The van der Waals surface area contributed by atoms with Crippen molar-refractivity contribution in [2.24, 2.45) is 5.92 Å². The molecule has 1 aliphatic rings. The predicted octanol–water partition coefficient (Wildman–Crippen LogP) is 5.91. The lowest BCUT2D eigenvalue weighted by Crippen LogP contribution is -2.37. The lowest BCUT2D eigenvalue weighted by Gasteiger charge is -2.33. The Labute approximate surface area is 193 Å². The standard InChI is InChI=1S/C22H22Cl2F2N4O2/c23-11-17-16(24)10-19-27-18(12-30(19)29-17)20(15-6-8-22(25,26)9-7-15)28-21(31)32-13-14-4-2-1-3-5-14/h1-5,10,12,15,20H,6-9,11,13H2,(H,28,31)/t20-/m0/s1. The first-order valence-corrected chi connectivity index (χ1v) is 11.2. The van der Waals surface area contributed by atoms with Crippen LogP contribution in [0.15, 0.2) is 42.6 Å². The van der Waals surface area contributed by atoms with Gasteiger partial charge in [-0.1, -0.05) is 41.9 Å². The van der Waals surface area contributed by atoms with Crippen LogP contribution in [0.4, 0.5) is 13.6 Å². The van der Waals surface area contributed by atoms with E-state index in [9.17, 15) is 13.6 Å².